The van der Waals surface area contributed by atoms with Crippen molar-refractivity contribution in [3.05, 3.63) is 108 Å². The Bertz CT molecular complexity index is 1980. The second-order valence-electron chi connectivity index (χ2n) is 14.9. The Kier molecular flexibility index (Phi) is 9.44. The molecular weight excluding hydrogens is 680 g/mol. The van der Waals surface area contributed by atoms with Crippen molar-refractivity contribution >= 4 is 17.4 Å². The summed E-state index contributed by atoms with van der Waals surface area (Å²) in [7, 11) is 3.53. The van der Waals surface area contributed by atoms with Crippen LogP contribution in [0.3, 0.4) is 0 Å². The number of phenols is 1. The third-order valence-electron chi connectivity index (χ3n) is 10.9. The maximum Gasteiger partial charge on any atom is 0.261 e. The van der Waals surface area contributed by atoms with Crippen LogP contribution in [0.15, 0.2) is 90.8 Å². The number of benzene rings is 2. The van der Waals surface area contributed by atoms with Gasteiger partial charge in [-0.2, -0.15) is 0 Å². The Hall–Kier alpha value is -4.82. The van der Waals surface area contributed by atoms with E-state index in [9.17, 15) is 23.8 Å². The highest BCUT2D eigenvalue weighted by molar-refractivity contribution is 6.02. The predicted octanol–water partition coefficient (Wildman–Crippen LogP) is 5.43. The van der Waals surface area contributed by atoms with E-state index in [0.29, 0.717) is 44.0 Å². The largest absolute Gasteiger partial charge is 0.508 e. The van der Waals surface area contributed by atoms with Gasteiger partial charge in [-0.1, -0.05) is 18.2 Å². The number of aromatic hydroxyl groups is 1. The lowest BCUT2D eigenvalue weighted by atomic mass is 9.89. The van der Waals surface area contributed by atoms with Gasteiger partial charge in [0, 0.05) is 62.6 Å². The number of aliphatic hydroxyl groups is 1. The van der Waals surface area contributed by atoms with Crippen molar-refractivity contribution in [1.82, 2.24) is 30.3 Å². The first kappa shape index (κ1) is 35.2. The summed E-state index contributed by atoms with van der Waals surface area (Å²) < 4.78 is 34.6. The Morgan fingerprint density at radius 2 is 1.89 bits per heavy atom. The molecule has 278 valence electrons. The molecule has 0 saturated heterocycles. The van der Waals surface area contributed by atoms with Gasteiger partial charge in [0.1, 0.15) is 29.4 Å². The number of hydrogen-bond acceptors (Lipinski definition) is 10. The second kappa shape index (κ2) is 14.2. The summed E-state index contributed by atoms with van der Waals surface area (Å²) in [5.41, 5.74) is 3.90. The number of likely N-dealkylation sites (N-methyl/N-ethyl adjacent to an activating group) is 1. The van der Waals surface area contributed by atoms with Gasteiger partial charge in [0.2, 0.25) is 6.35 Å². The van der Waals surface area contributed by atoms with Crippen molar-refractivity contribution in [2.24, 2.45) is 0 Å². The first-order valence-electron chi connectivity index (χ1n) is 18.2. The fourth-order valence-corrected chi connectivity index (χ4v) is 8.14. The predicted molar refractivity (Wildman–Crippen MR) is 197 cm³/mol. The third kappa shape index (κ3) is 7.26. The minimum atomic E-state index is -0.839. The lowest BCUT2D eigenvalue weighted by Gasteiger charge is -2.48. The van der Waals surface area contributed by atoms with Gasteiger partial charge in [0.15, 0.2) is 0 Å². The molecule has 5 aliphatic rings. The minimum Gasteiger partial charge on any atom is -0.508 e. The van der Waals surface area contributed by atoms with E-state index in [1.807, 2.05) is 53.4 Å². The van der Waals surface area contributed by atoms with E-state index in [1.54, 1.807) is 30.2 Å². The van der Waals surface area contributed by atoms with E-state index in [4.69, 9.17) is 4.74 Å². The van der Waals surface area contributed by atoms with Crippen LogP contribution in [0.25, 0.3) is 11.1 Å². The molecule has 2 aromatic carbocycles. The number of carbonyl (C=O) groups is 1. The van der Waals surface area contributed by atoms with Crippen LogP contribution in [0, 0.1) is 5.82 Å². The number of amides is 1. The Morgan fingerprint density at radius 3 is 2.66 bits per heavy atom. The van der Waals surface area contributed by atoms with Crippen LogP contribution in [0.1, 0.15) is 54.4 Å². The van der Waals surface area contributed by atoms with Crippen LogP contribution in [0.4, 0.5) is 20.3 Å². The lowest BCUT2D eigenvalue weighted by Crippen LogP contribution is -2.59. The Morgan fingerprint density at radius 1 is 1.08 bits per heavy atom. The molecule has 4 heterocycles. The monoisotopic (exact) mass is 725 g/mol. The number of allylic oxidation sites excluding steroid dienone is 2. The Labute approximate surface area is 307 Å². The number of hydrogen-bond donors (Lipinski definition) is 4. The van der Waals surface area contributed by atoms with E-state index < -0.39 is 17.8 Å². The molecule has 2 atom stereocenters. The number of fused-ring (bicyclic) bond motifs is 2. The zero-order valence-corrected chi connectivity index (χ0v) is 29.9. The number of nitrogens with zero attached hydrogens (tertiary/aromatic N) is 5. The molecule has 13 heteroatoms. The molecule has 2 saturated carbocycles. The van der Waals surface area contributed by atoms with Crippen LogP contribution in [0.2, 0.25) is 0 Å². The standard InChI is InChI=1S/C40H45F2N7O4/c1-46(24-40(52)14-15-40)21-26-17-33(50)11-12-34(26)25-4-3-5-32(16-25)48-37-35(18-28(42)19-44-37)38(51)49(39(48)53-2)31-9-7-29(8-10-31)43-20-30-23-47-22-27(41)6-13-36(47)45-30/h3-6,11-13,16-19,22-23,29,31,36,39,43,45,50,52H,7-10,14-15,20-21,24H2,1-2H3. The first-order valence-corrected chi connectivity index (χ1v) is 18.2. The van der Waals surface area contributed by atoms with Gasteiger partial charge in [-0.25, -0.2) is 13.8 Å². The molecule has 0 radical (unpaired) electrons. The molecule has 1 amide bonds. The normalized spacial score (nSPS) is 24.5. The average Bonchev–Trinajstić information content (AvgIpc) is 3.72. The molecule has 2 fully saturated rings. The van der Waals surface area contributed by atoms with Gasteiger partial charge < -0.3 is 30.5 Å². The van der Waals surface area contributed by atoms with Gasteiger partial charge in [-0.05, 0) is 105 Å². The van der Waals surface area contributed by atoms with Crippen molar-refractivity contribution in [3.63, 3.8) is 0 Å². The zero-order chi connectivity index (χ0) is 36.9. The van der Waals surface area contributed by atoms with Crippen molar-refractivity contribution in [3.8, 4) is 16.9 Å². The van der Waals surface area contributed by atoms with Gasteiger partial charge in [-0.15, -0.1) is 0 Å². The van der Waals surface area contributed by atoms with Crippen molar-refractivity contribution in [2.45, 2.75) is 75.3 Å². The van der Waals surface area contributed by atoms with E-state index in [1.165, 1.54) is 18.3 Å². The van der Waals surface area contributed by atoms with E-state index in [-0.39, 0.29) is 41.3 Å². The van der Waals surface area contributed by atoms with Gasteiger partial charge in [0.05, 0.1) is 17.4 Å². The molecule has 2 aliphatic carbocycles. The number of halogens is 2. The van der Waals surface area contributed by atoms with Crippen LogP contribution < -0.4 is 15.5 Å². The number of nitrogens with one attached hydrogen (secondary N) is 2. The Balaban J connectivity index is 1.03. The molecule has 3 aromatic rings. The van der Waals surface area contributed by atoms with E-state index >= 15 is 0 Å². The molecular formula is C40H45F2N7O4. The second-order valence-corrected chi connectivity index (χ2v) is 14.9. The maximum absolute atomic E-state index is 14.7. The molecule has 3 aliphatic heterocycles. The number of methoxy groups -OCH3 is 1. The molecule has 4 N–H and O–H groups in total. The number of carbonyl (C=O) groups excluding carboxylic acids is 1. The van der Waals surface area contributed by atoms with Crippen molar-refractivity contribution in [2.75, 3.05) is 32.1 Å². The SMILES string of the molecule is COC1N(c2cccc(-c3ccc(O)cc3CN(C)CC3(O)CC3)c2)c2ncc(F)cc2C(=O)N1C1CCC(NCC2=CN3C=C(F)C=CC3N2)CC1. The smallest absolute Gasteiger partial charge is 0.261 e. The van der Waals surface area contributed by atoms with Crippen molar-refractivity contribution < 1.29 is 28.5 Å². The highest BCUT2D eigenvalue weighted by atomic mass is 19.1. The van der Waals surface area contributed by atoms with Crippen LogP contribution in [-0.2, 0) is 11.3 Å². The average molecular weight is 726 g/mol. The molecule has 1 aromatic heterocycles. The van der Waals surface area contributed by atoms with Crippen LogP contribution in [0.5, 0.6) is 5.75 Å². The molecule has 8 rings (SSSR count). The minimum absolute atomic E-state index is 0.0828. The molecule has 11 nitrogen and oxygen atoms in total. The van der Waals surface area contributed by atoms with E-state index in [2.05, 4.69) is 20.5 Å². The van der Waals surface area contributed by atoms with Crippen LogP contribution >= 0.6 is 0 Å². The quantitative estimate of drug-likeness (QED) is 0.204. The lowest BCUT2D eigenvalue weighted by molar-refractivity contribution is -0.0459. The molecule has 2 unspecified atom stereocenters. The number of pyridine rings is 1. The highest BCUT2D eigenvalue weighted by Crippen LogP contribution is 2.41. The number of rotatable bonds is 11. The summed E-state index contributed by atoms with van der Waals surface area (Å²) >= 11 is 0. The third-order valence-corrected chi connectivity index (χ3v) is 10.9. The number of anilines is 2. The summed E-state index contributed by atoms with van der Waals surface area (Å²) in [5.74, 6) is -0.731. The number of phenolic OH excluding ortho intramolecular Hbond substituents is 1. The molecule has 0 bridgehead atoms. The summed E-state index contributed by atoms with van der Waals surface area (Å²) in [6, 6.07) is 14.4. The zero-order valence-electron chi connectivity index (χ0n) is 29.9. The summed E-state index contributed by atoms with van der Waals surface area (Å²) in [6.45, 7) is 1.67. The van der Waals surface area contributed by atoms with Gasteiger partial charge in [0.25, 0.3) is 5.91 Å². The fourth-order valence-electron chi connectivity index (χ4n) is 8.14. The number of ether oxygens (including phenoxy) is 1. The topological polar surface area (TPSA) is 117 Å². The van der Waals surface area contributed by atoms with Crippen LogP contribution in [-0.4, -0.2) is 93.3 Å². The first-order chi connectivity index (χ1) is 25.6. The highest BCUT2D eigenvalue weighted by Gasteiger charge is 2.44. The molecule has 0 spiro atoms. The van der Waals surface area contributed by atoms with Gasteiger partial charge >= 0.3 is 0 Å². The maximum atomic E-state index is 14.7. The van der Waals surface area contributed by atoms with E-state index in [0.717, 1.165) is 54.3 Å². The fraction of sp³-hybridized carbons (Fsp3) is 0.400. The summed E-state index contributed by atoms with van der Waals surface area (Å²) in [6.07, 6.45) is 11.5. The summed E-state index contributed by atoms with van der Waals surface area (Å²) in [4.78, 5) is 26.1. The van der Waals surface area contributed by atoms with Crippen molar-refractivity contribution in [1.29, 1.82) is 0 Å². The molecule has 53 heavy (non-hydrogen) atoms. The number of aromatic nitrogens is 1. The summed E-state index contributed by atoms with van der Waals surface area (Å²) in [5, 5.41) is 28.0. The van der Waals surface area contributed by atoms with Gasteiger partial charge in [-0.3, -0.25) is 19.5 Å².